The average Bonchev–Trinajstić information content (AvgIpc) is 3.57. The van der Waals surface area contributed by atoms with Crippen LogP contribution in [0.3, 0.4) is 0 Å². The van der Waals surface area contributed by atoms with E-state index in [4.69, 9.17) is 5.26 Å². The molecule has 0 atom stereocenters. The highest BCUT2D eigenvalue weighted by Gasteiger charge is 2.31. The zero-order chi connectivity index (χ0) is 20.4. The van der Waals surface area contributed by atoms with Crippen LogP contribution in [0.15, 0.2) is 65.7 Å². The van der Waals surface area contributed by atoms with Gasteiger partial charge in [-0.05, 0) is 84.8 Å². The van der Waals surface area contributed by atoms with E-state index in [1.807, 2.05) is 12.1 Å². The molecule has 1 fully saturated rings. The molecule has 1 aliphatic rings. The van der Waals surface area contributed by atoms with Crippen molar-refractivity contribution in [3.05, 3.63) is 77.5 Å². The molecule has 0 bridgehead atoms. The number of nitrogens with one attached hydrogen (secondary N) is 1. The first-order chi connectivity index (χ1) is 13.9. The predicted molar refractivity (Wildman–Crippen MR) is 107 cm³/mol. The van der Waals surface area contributed by atoms with Crippen LogP contribution in [-0.4, -0.2) is 4.98 Å². The van der Waals surface area contributed by atoms with Crippen LogP contribution in [0.25, 0.3) is 11.3 Å². The lowest BCUT2D eigenvalue weighted by atomic mass is 10.0. The second kappa shape index (κ2) is 7.80. The van der Waals surface area contributed by atoms with Crippen molar-refractivity contribution in [1.82, 2.24) is 4.98 Å². The van der Waals surface area contributed by atoms with E-state index in [9.17, 15) is 13.2 Å². The predicted octanol–water partition coefficient (Wildman–Crippen LogP) is 6.64. The number of anilines is 1. The van der Waals surface area contributed by atoms with Gasteiger partial charge >= 0.3 is 6.18 Å². The van der Waals surface area contributed by atoms with Gasteiger partial charge in [-0.25, -0.2) is 0 Å². The topological polar surface area (TPSA) is 48.7 Å². The Morgan fingerprint density at radius 2 is 1.79 bits per heavy atom. The molecule has 3 aromatic rings. The van der Waals surface area contributed by atoms with Gasteiger partial charge in [-0.15, -0.1) is 0 Å². The van der Waals surface area contributed by atoms with Crippen molar-refractivity contribution in [1.29, 1.82) is 5.26 Å². The molecule has 146 valence electrons. The third-order valence-corrected chi connectivity index (χ3v) is 5.51. The third kappa shape index (κ3) is 4.72. The first-order valence-corrected chi connectivity index (χ1v) is 9.86. The Bertz CT molecular complexity index is 1050. The van der Waals surface area contributed by atoms with Crippen molar-refractivity contribution in [2.75, 3.05) is 4.72 Å². The van der Waals surface area contributed by atoms with Gasteiger partial charge in [-0.3, -0.25) is 4.98 Å². The molecule has 7 heteroatoms. The summed E-state index contributed by atoms with van der Waals surface area (Å²) in [5.74, 6) is 0.541. The van der Waals surface area contributed by atoms with Gasteiger partial charge in [-0.1, -0.05) is 6.07 Å². The molecular weight excluding hydrogens is 395 g/mol. The van der Waals surface area contributed by atoms with Gasteiger partial charge < -0.3 is 4.72 Å². The maximum Gasteiger partial charge on any atom is 0.416 e. The SMILES string of the molecule is N#Cc1ccc(SNc2cc(-c3ccc(C4CC4)cn3)cc(C(F)(F)F)c2)cc1. The molecule has 0 spiro atoms. The maximum atomic E-state index is 13.4. The zero-order valence-corrected chi connectivity index (χ0v) is 16.0. The fraction of sp³-hybridized carbons (Fsp3) is 0.182. The molecule has 0 amide bonds. The largest absolute Gasteiger partial charge is 0.416 e. The van der Waals surface area contributed by atoms with Crippen LogP contribution in [0.4, 0.5) is 18.9 Å². The summed E-state index contributed by atoms with van der Waals surface area (Å²) in [5, 5.41) is 8.85. The number of aromatic nitrogens is 1. The van der Waals surface area contributed by atoms with Crippen molar-refractivity contribution in [3.8, 4) is 17.3 Å². The molecule has 1 aromatic heterocycles. The van der Waals surface area contributed by atoms with Crippen molar-refractivity contribution in [2.24, 2.45) is 0 Å². The van der Waals surface area contributed by atoms with E-state index in [-0.39, 0.29) is 0 Å². The van der Waals surface area contributed by atoms with Crippen molar-refractivity contribution in [3.63, 3.8) is 0 Å². The van der Waals surface area contributed by atoms with Crippen molar-refractivity contribution >= 4 is 17.6 Å². The summed E-state index contributed by atoms with van der Waals surface area (Å²) < 4.78 is 43.2. The van der Waals surface area contributed by atoms with Crippen LogP contribution in [0.5, 0.6) is 0 Å². The van der Waals surface area contributed by atoms with Crippen molar-refractivity contribution < 1.29 is 13.2 Å². The summed E-state index contributed by atoms with van der Waals surface area (Å²) >= 11 is 1.18. The number of nitriles is 1. The first-order valence-electron chi connectivity index (χ1n) is 9.04. The van der Waals surface area contributed by atoms with E-state index < -0.39 is 11.7 Å². The van der Waals surface area contributed by atoms with Gasteiger partial charge in [0.1, 0.15) is 0 Å². The first kappa shape index (κ1) is 19.3. The number of halogens is 3. The molecule has 2 aromatic carbocycles. The van der Waals surface area contributed by atoms with E-state index in [1.165, 1.54) is 11.9 Å². The molecule has 1 saturated carbocycles. The normalized spacial score (nSPS) is 13.7. The van der Waals surface area contributed by atoms with Gasteiger partial charge in [0.05, 0.1) is 22.9 Å². The van der Waals surface area contributed by atoms with Crippen LogP contribution in [-0.2, 0) is 6.18 Å². The number of pyridine rings is 1. The number of benzene rings is 2. The molecule has 1 heterocycles. The molecule has 4 rings (SSSR count). The molecule has 0 aliphatic heterocycles. The van der Waals surface area contributed by atoms with E-state index in [0.717, 1.165) is 35.4 Å². The average molecular weight is 411 g/mol. The van der Waals surface area contributed by atoms with Gasteiger partial charge in [0.25, 0.3) is 0 Å². The Kier molecular flexibility index (Phi) is 5.20. The number of nitrogens with zero attached hydrogens (tertiary/aromatic N) is 2. The summed E-state index contributed by atoms with van der Waals surface area (Å²) in [6.45, 7) is 0. The van der Waals surface area contributed by atoms with E-state index >= 15 is 0 Å². The van der Waals surface area contributed by atoms with Gasteiger partial charge in [0.2, 0.25) is 0 Å². The van der Waals surface area contributed by atoms with Gasteiger partial charge in [0.15, 0.2) is 0 Å². The quantitative estimate of drug-likeness (QED) is 0.478. The Morgan fingerprint density at radius 1 is 1.03 bits per heavy atom. The number of rotatable bonds is 5. The molecule has 1 aliphatic carbocycles. The fourth-order valence-corrected chi connectivity index (χ4v) is 3.57. The molecule has 0 unspecified atom stereocenters. The number of hydrogen-bond acceptors (Lipinski definition) is 4. The van der Waals surface area contributed by atoms with Crippen LogP contribution in [0, 0.1) is 11.3 Å². The highest BCUT2D eigenvalue weighted by Crippen LogP contribution is 2.40. The number of hydrogen-bond donors (Lipinski definition) is 1. The fourth-order valence-electron chi connectivity index (χ4n) is 2.95. The maximum absolute atomic E-state index is 13.4. The van der Waals surface area contributed by atoms with Crippen LogP contribution >= 0.6 is 11.9 Å². The summed E-state index contributed by atoms with van der Waals surface area (Å²) in [6, 6.07) is 16.4. The van der Waals surface area contributed by atoms with Crippen LogP contribution < -0.4 is 4.72 Å². The minimum absolute atomic E-state index is 0.331. The molecule has 1 N–H and O–H groups in total. The van der Waals surface area contributed by atoms with Crippen molar-refractivity contribution in [2.45, 2.75) is 29.8 Å². The van der Waals surface area contributed by atoms with Gasteiger partial charge in [-0.2, -0.15) is 18.4 Å². The number of alkyl halides is 3. The minimum atomic E-state index is -4.46. The zero-order valence-electron chi connectivity index (χ0n) is 15.2. The lowest BCUT2D eigenvalue weighted by molar-refractivity contribution is -0.137. The Hall–Kier alpha value is -2.98. The Labute approximate surface area is 170 Å². The Balaban J connectivity index is 1.60. The molecule has 0 saturated heterocycles. The second-order valence-electron chi connectivity index (χ2n) is 6.89. The minimum Gasteiger partial charge on any atom is -0.326 e. The van der Waals surface area contributed by atoms with E-state index in [2.05, 4.69) is 9.71 Å². The standard InChI is InChI=1S/C22H16F3N3S/c23-22(24,25)18-9-17(21-8-5-16(13-27-21)15-3-4-15)10-19(11-18)28-29-20-6-1-14(12-26)2-7-20/h1-2,5-11,13,15,28H,3-4H2. The van der Waals surface area contributed by atoms with Gasteiger partial charge in [0, 0.05) is 22.3 Å². The summed E-state index contributed by atoms with van der Waals surface area (Å²) in [5.41, 5.74) is 2.17. The Morgan fingerprint density at radius 3 is 2.38 bits per heavy atom. The molecular formula is C22H16F3N3S. The second-order valence-corrected chi connectivity index (χ2v) is 7.77. The highest BCUT2D eigenvalue weighted by atomic mass is 32.2. The van der Waals surface area contributed by atoms with E-state index in [1.54, 1.807) is 42.6 Å². The highest BCUT2D eigenvalue weighted by molar-refractivity contribution is 8.00. The van der Waals surface area contributed by atoms with E-state index in [0.29, 0.717) is 28.4 Å². The summed E-state index contributed by atoms with van der Waals surface area (Å²) in [4.78, 5) is 5.17. The lowest BCUT2D eigenvalue weighted by Gasteiger charge is -2.13. The lowest BCUT2D eigenvalue weighted by Crippen LogP contribution is -2.06. The molecule has 0 radical (unpaired) electrons. The summed E-state index contributed by atoms with van der Waals surface area (Å²) in [7, 11) is 0. The molecule has 29 heavy (non-hydrogen) atoms. The van der Waals surface area contributed by atoms with Crippen LogP contribution in [0.1, 0.15) is 35.4 Å². The smallest absolute Gasteiger partial charge is 0.326 e. The molecule has 3 nitrogen and oxygen atoms in total. The monoisotopic (exact) mass is 411 g/mol. The summed E-state index contributed by atoms with van der Waals surface area (Å²) in [6.07, 6.45) is -0.415. The third-order valence-electron chi connectivity index (χ3n) is 4.66. The van der Waals surface area contributed by atoms with Crippen LogP contribution in [0.2, 0.25) is 0 Å².